The normalized spacial score (nSPS) is 14.8. The van der Waals surface area contributed by atoms with Gasteiger partial charge in [-0.15, -0.1) is 5.10 Å². The largest absolute Gasteiger partial charge is 0.484 e. The second-order valence-corrected chi connectivity index (χ2v) is 8.04. The summed E-state index contributed by atoms with van der Waals surface area (Å²) < 4.78 is 20.1. The Morgan fingerprint density at radius 2 is 1.94 bits per heavy atom. The highest BCUT2D eigenvalue weighted by Gasteiger charge is 2.33. The molecular formula is C24H20FN7O3. The minimum atomic E-state index is -0.564. The number of rotatable bonds is 6. The van der Waals surface area contributed by atoms with Crippen molar-refractivity contribution in [3.8, 4) is 23.0 Å². The number of carbonyl (C=O) groups is 2. The van der Waals surface area contributed by atoms with E-state index in [4.69, 9.17) is 10.5 Å². The van der Waals surface area contributed by atoms with Crippen LogP contribution in [0.5, 0.6) is 5.75 Å². The Labute approximate surface area is 199 Å². The summed E-state index contributed by atoms with van der Waals surface area (Å²) in [5, 5.41) is 15.6. The molecule has 2 aromatic heterocycles. The number of fused-ring (bicyclic) bond motifs is 1. The summed E-state index contributed by atoms with van der Waals surface area (Å²) in [6.07, 6.45) is 1.71. The van der Waals surface area contributed by atoms with Crippen molar-refractivity contribution >= 4 is 17.6 Å². The van der Waals surface area contributed by atoms with Crippen LogP contribution in [0.4, 0.5) is 10.2 Å². The molecule has 0 unspecified atom stereocenters. The zero-order valence-electron chi connectivity index (χ0n) is 18.6. The molecule has 2 aromatic carbocycles. The molecule has 2 amide bonds. The number of aromatic nitrogens is 5. The van der Waals surface area contributed by atoms with Gasteiger partial charge in [-0.3, -0.25) is 9.59 Å². The highest BCUT2D eigenvalue weighted by atomic mass is 19.1. The molecule has 1 atom stereocenters. The quantitative estimate of drug-likeness (QED) is 0.439. The van der Waals surface area contributed by atoms with E-state index < -0.39 is 5.91 Å². The lowest BCUT2D eigenvalue weighted by Crippen LogP contribution is -2.25. The van der Waals surface area contributed by atoms with Crippen LogP contribution >= 0.6 is 0 Å². The lowest BCUT2D eigenvalue weighted by Gasteiger charge is -2.24. The van der Waals surface area contributed by atoms with Crippen LogP contribution in [0.2, 0.25) is 0 Å². The fraction of sp³-hybridized carbons (Fsp3) is 0.167. The second-order valence-electron chi connectivity index (χ2n) is 8.04. The van der Waals surface area contributed by atoms with Crippen molar-refractivity contribution in [2.24, 2.45) is 5.73 Å². The second kappa shape index (κ2) is 8.93. The van der Waals surface area contributed by atoms with Crippen LogP contribution in [0, 0.1) is 12.7 Å². The van der Waals surface area contributed by atoms with E-state index in [1.54, 1.807) is 24.3 Å². The molecule has 11 heteroatoms. The van der Waals surface area contributed by atoms with Crippen molar-refractivity contribution in [1.29, 1.82) is 0 Å². The average molecular weight is 473 g/mol. The third kappa shape index (κ3) is 4.43. The molecule has 0 saturated carbocycles. The van der Waals surface area contributed by atoms with Crippen LogP contribution in [-0.2, 0) is 9.59 Å². The molecule has 3 heterocycles. The number of hydrogen-bond acceptors (Lipinski definition) is 7. The Hall–Kier alpha value is -4.67. The van der Waals surface area contributed by atoms with Crippen LogP contribution in [0.25, 0.3) is 17.2 Å². The van der Waals surface area contributed by atoms with Crippen molar-refractivity contribution in [1.82, 2.24) is 25.0 Å². The maximum absolute atomic E-state index is 13.3. The fourth-order valence-corrected chi connectivity index (χ4v) is 4.07. The number of nitrogens with two attached hydrogens (primary N) is 1. The van der Waals surface area contributed by atoms with Gasteiger partial charge in [0.2, 0.25) is 5.91 Å². The number of nitrogens with one attached hydrogen (secondary N) is 1. The minimum Gasteiger partial charge on any atom is -0.484 e. The predicted octanol–water partition coefficient (Wildman–Crippen LogP) is 2.51. The van der Waals surface area contributed by atoms with E-state index in [0.717, 1.165) is 11.1 Å². The first-order valence-electron chi connectivity index (χ1n) is 10.8. The lowest BCUT2D eigenvalue weighted by molar-refractivity contribution is -0.120. The first kappa shape index (κ1) is 22.1. The summed E-state index contributed by atoms with van der Waals surface area (Å²) in [6.45, 7) is 1.63. The Morgan fingerprint density at radius 3 is 2.66 bits per heavy atom. The van der Waals surface area contributed by atoms with Crippen LogP contribution in [-0.4, -0.2) is 43.4 Å². The molecule has 0 radical (unpaired) electrons. The molecular weight excluding hydrogens is 453 g/mol. The zero-order chi connectivity index (χ0) is 24.5. The Morgan fingerprint density at radius 1 is 1.20 bits per heavy atom. The molecule has 35 heavy (non-hydrogen) atoms. The van der Waals surface area contributed by atoms with Crippen LogP contribution in [0.3, 0.4) is 0 Å². The summed E-state index contributed by atoms with van der Waals surface area (Å²) in [5.41, 5.74) is 8.71. The Balaban J connectivity index is 1.51. The number of benzene rings is 2. The predicted molar refractivity (Wildman–Crippen MR) is 123 cm³/mol. The van der Waals surface area contributed by atoms with E-state index in [1.807, 2.05) is 19.1 Å². The highest BCUT2D eigenvalue weighted by Crippen LogP contribution is 2.40. The van der Waals surface area contributed by atoms with Gasteiger partial charge in [-0.05, 0) is 48.9 Å². The first-order chi connectivity index (χ1) is 16.9. The molecule has 0 fully saturated rings. The average Bonchev–Trinajstić information content (AvgIpc) is 3.19. The van der Waals surface area contributed by atoms with E-state index >= 15 is 0 Å². The number of amides is 2. The summed E-state index contributed by atoms with van der Waals surface area (Å²) in [7, 11) is 0. The summed E-state index contributed by atoms with van der Waals surface area (Å²) in [4.78, 5) is 28.1. The number of ether oxygens (including phenoxy) is 1. The number of halogens is 1. The SMILES string of the molecule is Cc1nn(-c2nncc(-c3ccc(F)cc3)n2)c2c1[C@H](c1ccc(OCC(N)=O)cc1)CC(=O)N2. The van der Waals surface area contributed by atoms with Gasteiger partial charge < -0.3 is 15.8 Å². The van der Waals surface area contributed by atoms with Crippen LogP contribution in [0.1, 0.15) is 29.2 Å². The van der Waals surface area contributed by atoms with Gasteiger partial charge in [-0.25, -0.2) is 9.37 Å². The van der Waals surface area contributed by atoms with Gasteiger partial charge >= 0.3 is 0 Å². The Bertz CT molecular complexity index is 1420. The van der Waals surface area contributed by atoms with Crippen molar-refractivity contribution in [3.63, 3.8) is 0 Å². The number of anilines is 1. The maximum Gasteiger partial charge on any atom is 0.272 e. The number of nitrogens with zero attached hydrogens (tertiary/aromatic N) is 5. The number of hydrogen-bond donors (Lipinski definition) is 2. The van der Waals surface area contributed by atoms with Gasteiger partial charge in [0.15, 0.2) is 6.61 Å². The molecule has 0 aliphatic carbocycles. The maximum atomic E-state index is 13.3. The Kier molecular flexibility index (Phi) is 5.65. The molecule has 1 aliphatic rings. The van der Waals surface area contributed by atoms with Crippen molar-refractivity contribution in [2.75, 3.05) is 11.9 Å². The van der Waals surface area contributed by atoms with Gasteiger partial charge in [-0.1, -0.05) is 12.1 Å². The molecule has 0 bridgehead atoms. The molecule has 3 N–H and O–H groups in total. The number of aryl methyl sites for hydroxylation is 1. The molecule has 0 saturated heterocycles. The standard InChI is InChI=1S/C24H20FN7O3/c1-13-22-18(14-4-8-17(9-5-14)35-12-20(26)33)10-21(34)29-23(22)32(31-13)24-28-19(11-27-30-24)15-2-6-16(25)7-3-15/h2-9,11,18H,10,12H2,1H3,(H2,26,33)(H,29,34)/t18-/m0/s1. The number of carbonyl (C=O) groups excluding carboxylic acids is 2. The molecule has 176 valence electrons. The molecule has 10 nitrogen and oxygen atoms in total. The topological polar surface area (TPSA) is 138 Å². The highest BCUT2D eigenvalue weighted by molar-refractivity contribution is 5.95. The number of primary amides is 1. The van der Waals surface area contributed by atoms with Crippen molar-refractivity contribution in [3.05, 3.63) is 77.4 Å². The van der Waals surface area contributed by atoms with Crippen LogP contribution in [0.15, 0.2) is 54.7 Å². The first-order valence-corrected chi connectivity index (χ1v) is 10.8. The summed E-state index contributed by atoms with van der Waals surface area (Å²) >= 11 is 0. The van der Waals surface area contributed by atoms with E-state index in [2.05, 4.69) is 25.6 Å². The van der Waals surface area contributed by atoms with E-state index in [9.17, 15) is 14.0 Å². The lowest BCUT2D eigenvalue weighted by atomic mass is 9.86. The molecule has 1 aliphatic heterocycles. The van der Waals surface area contributed by atoms with Gasteiger partial charge in [0.25, 0.3) is 11.9 Å². The minimum absolute atomic E-state index is 0.173. The summed E-state index contributed by atoms with van der Waals surface area (Å²) in [5.74, 6) is -0.216. The fourth-order valence-electron chi connectivity index (χ4n) is 4.07. The van der Waals surface area contributed by atoms with Crippen molar-refractivity contribution in [2.45, 2.75) is 19.3 Å². The molecule has 4 aromatic rings. The van der Waals surface area contributed by atoms with Gasteiger partial charge in [0.1, 0.15) is 17.4 Å². The van der Waals surface area contributed by atoms with E-state index in [-0.39, 0.29) is 36.6 Å². The third-order valence-electron chi connectivity index (χ3n) is 5.64. The molecule has 5 rings (SSSR count). The smallest absolute Gasteiger partial charge is 0.272 e. The third-order valence-corrected chi connectivity index (χ3v) is 5.64. The van der Waals surface area contributed by atoms with Crippen LogP contribution < -0.4 is 15.8 Å². The monoisotopic (exact) mass is 473 g/mol. The molecule has 0 spiro atoms. The summed E-state index contributed by atoms with van der Waals surface area (Å²) in [6, 6.07) is 13.0. The van der Waals surface area contributed by atoms with Gasteiger partial charge in [0, 0.05) is 23.5 Å². The van der Waals surface area contributed by atoms with E-state index in [0.29, 0.717) is 28.5 Å². The van der Waals surface area contributed by atoms with E-state index in [1.165, 1.54) is 23.0 Å². The van der Waals surface area contributed by atoms with Gasteiger partial charge in [-0.2, -0.15) is 14.9 Å². The van der Waals surface area contributed by atoms with Gasteiger partial charge in [0.05, 0.1) is 17.6 Å². The van der Waals surface area contributed by atoms with Crippen molar-refractivity contribution < 1.29 is 18.7 Å². The zero-order valence-corrected chi connectivity index (χ0v) is 18.6.